The van der Waals surface area contributed by atoms with Crippen LogP contribution in [0.15, 0.2) is 0 Å². The van der Waals surface area contributed by atoms with E-state index < -0.39 is 87.6 Å². The molecule has 0 aliphatic rings. The van der Waals surface area contributed by atoms with Crippen LogP contribution < -0.4 is 0 Å². The van der Waals surface area contributed by atoms with Crippen molar-refractivity contribution in [2.24, 2.45) is 0 Å². The van der Waals surface area contributed by atoms with Crippen LogP contribution in [0.1, 0.15) is 6.92 Å². The summed E-state index contributed by atoms with van der Waals surface area (Å²) in [5.41, 5.74) is 0. The first-order valence-corrected chi connectivity index (χ1v) is 13.6. The summed E-state index contributed by atoms with van der Waals surface area (Å²) in [6, 6.07) is 0. The van der Waals surface area contributed by atoms with Gasteiger partial charge in [0.1, 0.15) is 0 Å². The van der Waals surface area contributed by atoms with E-state index in [0.717, 1.165) is 0 Å². The third kappa shape index (κ3) is 8.38. The lowest BCUT2D eigenvalue weighted by Crippen LogP contribution is -2.75. The highest BCUT2D eigenvalue weighted by atomic mass is 32.2. The van der Waals surface area contributed by atoms with Gasteiger partial charge < -0.3 is 24.1 Å². The zero-order valence-electron chi connectivity index (χ0n) is 23.0. The average Bonchev–Trinajstić information content (AvgIpc) is 2.91. The van der Waals surface area contributed by atoms with Crippen LogP contribution >= 0.6 is 0 Å². The summed E-state index contributed by atoms with van der Waals surface area (Å²) in [7, 11) is -7.38. The predicted molar refractivity (Wildman–Crippen MR) is 117 cm³/mol. The molecule has 0 aliphatic heterocycles. The second-order valence-electron chi connectivity index (χ2n) is 8.63. The smallest absolute Gasteiger partial charge is 0.394 e. The molecule has 0 aromatic carbocycles. The summed E-state index contributed by atoms with van der Waals surface area (Å²) in [5, 5.41) is 0.868. The SMILES string of the molecule is CCN(CCOCCOCCOCCOCCO)S(=O)(=O)C(F)(F)C(F)(F)C(F)(F)C(F)(F)C(F)(F)C(F)(F)C(F)(F)C(F)(F)F. The number of likely N-dealkylation sites (N-methyl/N-ethyl adjacent to an activating group) is 1. The molecule has 26 heteroatoms. The Bertz CT molecular complexity index is 1040. The zero-order valence-corrected chi connectivity index (χ0v) is 23.8. The molecule has 0 atom stereocenters. The number of aliphatic hydroxyl groups is 1. The standard InChI is InChI=1S/C20H26F17NO7S/c1-2-38(3-5-42-7-9-44-11-12-45-10-8-43-6-4-39)46(40,41)20(36,37)18(31,32)16(27,28)14(23,24)13(21,22)15(25,26)17(29,30)19(33,34)35/h39H,2-12H2,1H3. The second-order valence-corrected chi connectivity index (χ2v) is 10.6. The number of hydrogen-bond acceptors (Lipinski definition) is 7. The maximum absolute atomic E-state index is 14.4. The lowest BCUT2D eigenvalue weighted by molar-refractivity contribution is -0.458. The number of sulfonamides is 1. The van der Waals surface area contributed by atoms with E-state index >= 15 is 0 Å². The molecular weight excluding hydrogens is 721 g/mol. The van der Waals surface area contributed by atoms with Gasteiger partial charge in [0.25, 0.3) is 10.0 Å². The van der Waals surface area contributed by atoms with Gasteiger partial charge in [-0.3, -0.25) is 0 Å². The highest BCUT2D eigenvalue weighted by Crippen LogP contribution is 2.64. The summed E-state index contributed by atoms with van der Waals surface area (Å²) in [4.78, 5) is 0. The van der Waals surface area contributed by atoms with Gasteiger partial charge in [-0.25, -0.2) is 8.42 Å². The predicted octanol–water partition coefficient (Wildman–Crippen LogP) is 4.66. The Morgan fingerprint density at radius 2 is 0.804 bits per heavy atom. The number of hydrogen-bond donors (Lipinski definition) is 1. The number of nitrogens with zero attached hydrogens (tertiary/aromatic N) is 1. The van der Waals surface area contributed by atoms with Crippen LogP contribution in [0, 0.1) is 0 Å². The van der Waals surface area contributed by atoms with Crippen molar-refractivity contribution >= 4 is 10.0 Å². The van der Waals surface area contributed by atoms with Crippen LogP contribution in [-0.4, -0.2) is 137 Å². The number of rotatable bonds is 23. The maximum Gasteiger partial charge on any atom is 0.460 e. The summed E-state index contributed by atoms with van der Waals surface area (Å²) >= 11 is 0. The lowest BCUT2D eigenvalue weighted by atomic mass is 9.91. The largest absolute Gasteiger partial charge is 0.460 e. The van der Waals surface area contributed by atoms with Crippen molar-refractivity contribution in [3.05, 3.63) is 0 Å². The molecule has 278 valence electrons. The van der Waals surface area contributed by atoms with E-state index in [-0.39, 0.29) is 46.2 Å². The molecule has 0 rings (SSSR count). The van der Waals surface area contributed by atoms with Crippen molar-refractivity contribution in [2.45, 2.75) is 53.9 Å². The first kappa shape index (κ1) is 44.5. The van der Waals surface area contributed by atoms with Gasteiger partial charge in [-0.2, -0.15) is 78.9 Å². The molecule has 0 radical (unpaired) electrons. The maximum atomic E-state index is 14.4. The van der Waals surface area contributed by atoms with E-state index in [9.17, 15) is 83.1 Å². The topological polar surface area (TPSA) is 94.5 Å². The Morgan fingerprint density at radius 3 is 1.13 bits per heavy atom. The normalized spacial score (nSPS) is 15.2. The highest BCUT2D eigenvalue weighted by molar-refractivity contribution is 7.90. The van der Waals surface area contributed by atoms with Crippen molar-refractivity contribution < 1.29 is 107 Å². The third-order valence-corrected chi connectivity index (χ3v) is 7.57. The Balaban J connectivity index is 5.72. The Labute approximate surface area is 248 Å². The molecule has 0 aromatic heterocycles. The number of alkyl halides is 17. The van der Waals surface area contributed by atoms with Gasteiger partial charge in [-0.15, -0.1) is 0 Å². The van der Waals surface area contributed by atoms with Crippen molar-refractivity contribution in [1.29, 1.82) is 0 Å². The van der Waals surface area contributed by atoms with Crippen molar-refractivity contribution in [1.82, 2.24) is 4.31 Å². The van der Waals surface area contributed by atoms with Crippen molar-refractivity contribution in [2.75, 3.05) is 72.6 Å². The Kier molecular flexibility index (Phi) is 15.3. The molecule has 0 aliphatic carbocycles. The lowest BCUT2D eigenvalue weighted by Gasteiger charge is -2.43. The first-order chi connectivity index (χ1) is 20.5. The molecule has 0 fully saturated rings. The number of halogens is 17. The van der Waals surface area contributed by atoms with E-state index in [1.165, 1.54) is 0 Å². The summed E-state index contributed by atoms with van der Waals surface area (Å²) in [6.45, 7) is -4.01. The van der Waals surface area contributed by atoms with Gasteiger partial charge in [-0.1, -0.05) is 6.92 Å². The Hall–Kier alpha value is -1.48. The van der Waals surface area contributed by atoms with Crippen LogP contribution in [0.25, 0.3) is 0 Å². The fraction of sp³-hybridized carbons (Fsp3) is 1.00. The minimum Gasteiger partial charge on any atom is -0.394 e. The second kappa shape index (κ2) is 15.8. The van der Waals surface area contributed by atoms with Crippen molar-refractivity contribution in [3.8, 4) is 0 Å². The summed E-state index contributed by atoms with van der Waals surface area (Å²) in [6.07, 6.45) is -7.90. The van der Waals surface area contributed by atoms with Gasteiger partial charge in [0.05, 0.1) is 59.5 Å². The number of aliphatic hydroxyl groups excluding tert-OH is 1. The van der Waals surface area contributed by atoms with E-state index in [1.54, 1.807) is 0 Å². The van der Waals surface area contributed by atoms with E-state index in [4.69, 9.17) is 24.1 Å². The van der Waals surface area contributed by atoms with Gasteiger partial charge in [0.15, 0.2) is 0 Å². The van der Waals surface area contributed by atoms with E-state index in [0.29, 0.717) is 6.92 Å². The molecule has 0 saturated heterocycles. The van der Waals surface area contributed by atoms with Gasteiger partial charge in [-0.05, 0) is 0 Å². The molecule has 46 heavy (non-hydrogen) atoms. The molecular formula is C20H26F17NO7S. The van der Waals surface area contributed by atoms with Crippen LogP contribution in [0.4, 0.5) is 74.6 Å². The highest BCUT2D eigenvalue weighted by Gasteiger charge is 2.96. The van der Waals surface area contributed by atoms with Crippen LogP contribution in [0.2, 0.25) is 0 Å². The molecule has 0 amide bonds. The fourth-order valence-electron chi connectivity index (χ4n) is 2.91. The minimum atomic E-state index is -8.89. The summed E-state index contributed by atoms with van der Waals surface area (Å²) in [5.74, 6) is -51.9. The van der Waals surface area contributed by atoms with Crippen LogP contribution in [-0.2, 0) is 29.0 Å². The molecule has 0 aromatic rings. The molecule has 0 unspecified atom stereocenters. The number of ether oxygens (including phenoxy) is 4. The molecule has 0 heterocycles. The molecule has 0 bridgehead atoms. The zero-order chi connectivity index (χ0) is 36.7. The van der Waals surface area contributed by atoms with Crippen LogP contribution in [0.3, 0.4) is 0 Å². The molecule has 0 saturated carbocycles. The van der Waals surface area contributed by atoms with E-state index in [1.807, 2.05) is 0 Å². The van der Waals surface area contributed by atoms with Crippen LogP contribution in [0.5, 0.6) is 0 Å². The van der Waals surface area contributed by atoms with Gasteiger partial charge >= 0.3 is 47.0 Å². The van der Waals surface area contributed by atoms with Gasteiger partial charge in [0.2, 0.25) is 0 Å². The fourth-order valence-corrected chi connectivity index (χ4v) is 4.35. The van der Waals surface area contributed by atoms with Gasteiger partial charge in [0, 0.05) is 13.1 Å². The average molecular weight is 747 g/mol. The van der Waals surface area contributed by atoms with E-state index in [2.05, 4.69) is 0 Å². The minimum absolute atomic E-state index is 0.00560. The Morgan fingerprint density at radius 1 is 0.500 bits per heavy atom. The molecule has 1 N–H and O–H groups in total. The quantitative estimate of drug-likeness (QED) is 0.120. The monoisotopic (exact) mass is 747 g/mol. The van der Waals surface area contributed by atoms with Crippen molar-refractivity contribution in [3.63, 3.8) is 0 Å². The first-order valence-electron chi connectivity index (χ1n) is 12.1. The molecule has 0 spiro atoms. The molecule has 8 nitrogen and oxygen atoms in total. The summed E-state index contributed by atoms with van der Waals surface area (Å²) < 4.78 is 272. The third-order valence-electron chi connectivity index (χ3n) is 5.55.